The first-order valence-corrected chi connectivity index (χ1v) is 9.66. The molecule has 0 saturated heterocycles. The predicted molar refractivity (Wildman–Crippen MR) is 96.7 cm³/mol. The highest BCUT2D eigenvalue weighted by atomic mass is 32.2. The van der Waals surface area contributed by atoms with Crippen LogP contribution in [0.4, 0.5) is 0 Å². The molecule has 1 aliphatic rings. The van der Waals surface area contributed by atoms with E-state index in [-0.39, 0.29) is 6.54 Å². The molecule has 0 saturated carbocycles. The molecule has 134 valence electrons. The van der Waals surface area contributed by atoms with E-state index in [2.05, 4.69) is 0 Å². The van der Waals surface area contributed by atoms with Gasteiger partial charge < -0.3 is 9.47 Å². The number of hydrogen-bond donors (Lipinski definition) is 0. The van der Waals surface area contributed by atoms with Crippen LogP contribution >= 0.6 is 0 Å². The SMILES string of the molecule is Cc1cc(C)c(S(=O)(=O)N(C)Cc2ccc3c(c2)OCCO3)c(C)c1. The Kier molecular flexibility index (Phi) is 4.75. The number of benzene rings is 2. The fraction of sp³-hybridized carbons (Fsp3) is 0.368. The maximum atomic E-state index is 13.0. The van der Waals surface area contributed by atoms with E-state index in [1.54, 1.807) is 7.05 Å². The molecule has 0 atom stereocenters. The second-order valence-corrected chi connectivity index (χ2v) is 8.45. The number of hydrogen-bond acceptors (Lipinski definition) is 4. The Bertz CT molecular complexity index is 883. The summed E-state index contributed by atoms with van der Waals surface area (Å²) in [6.07, 6.45) is 0. The monoisotopic (exact) mass is 361 g/mol. The lowest BCUT2D eigenvalue weighted by molar-refractivity contribution is 0.171. The van der Waals surface area contributed by atoms with Crippen molar-refractivity contribution in [1.82, 2.24) is 4.31 Å². The summed E-state index contributed by atoms with van der Waals surface area (Å²) in [5.74, 6) is 1.36. The van der Waals surface area contributed by atoms with Crippen LogP contribution in [0.15, 0.2) is 35.2 Å². The average Bonchev–Trinajstić information content (AvgIpc) is 2.53. The molecule has 2 aromatic carbocycles. The third-order valence-corrected chi connectivity index (χ3v) is 6.39. The first-order chi connectivity index (χ1) is 11.8. The number of rotatable bonds is 4. The Morgan fingerprint density at radius 2 is 1.56 bits per heavy atom. The lowest BCUT2D eigenvalue weighted by atomic mass is 10.1. The molecule has 0 fully saturated rings. The molecule has 0 N–H and O–H groups in total. The molecule has 5 nitrogen and oxygen atoms in total. The van der Waals surface area contributed by atoms with Gasteiger partial charge in [0.1, 0.15) is 13.2 Å². The molecule has 0 amide bonds. The third-order valence-electron chi connectivity index (χ3n) is 4.28. The molecule has 25 heavy (non-hydrogen) atoms. The van der Waals surface area contributed by atoms with E-state index in [0.29, 0.717) is 29.6 Å². The molecule has 0 radical (unpaired) electrons. The van der Waals surface area contributed by atoms with Gasteiger partial charge in [-0.15, -0.1) is 0 Å². The van der Waals surface area contributed by atoms with Gasteiger partial charge in [0.2, 0.25) is 10.0 Å². The molecular formula is C19H23NO4S. The number of aryl methyl sites for hydroxylation is 3. The standard InChI is InChI=1S/C19H23NO4S/c1-13-9-14(2)19(15(3)10-13)25(21,22)20(4)12-16-5-6-17-18(11-16)24-8-7-23-17/h5-6,9-11H,7-8,12H2,1-4H3. The Labute approximate surface area is 149 Å². The Balaban J connectivity index is 1.89. The van der Waals surface area contributed by atoms with Crippen LogP contribution in [0.2, 0.25) is 0 Å². The van der Waals surface area contributed by atoms with Crippen molar-refractivity contribution in [2.75, 3.05) is 20.3 Å². The number of fused-ring (bicyclic) bond motifs is 1. The van der Waals surface area contributed by atoms with E-state index in [1.807, 2.05) is 51.1 Å². The van der Waals surface area contributed by atoms with E-state index < -0.39 is 10.0 Å². The summed E-state index contributed by atoms with van der Waals surface area (Å²) in [6, 6.07) is 9.34. The zero-order valence-electron chi connectivity index (χ0n) is 15.0. The summed E-state index contributed by atoms with van der Waals surface area (Å²) < 4.78 is 38.6. The molecule has 0 aromatic heterocycles. The van der Waals surface area contributed by atoms with E-state index in [9.17, 15) is 8.42 Å². The molecule has 6 heteroatoms. The Hall–Kier alpha value is -2.05. The van der Waals surface area contributed by atoms with E-state index in [0.717, 1.165) is 22.3 Å². The third kappa shape index (κ3) is 3.50. The van der Waals surface area contributed by atoms with Crippen molar-refractivity contribution in [3.05, 3.63) is 52.6 Å². The van der Waals surface area contributed by atoms with Gasteiger partial charge in [0.05, 0.1) is 4.90 Å². The van der Waals surface area contributed by atoms with Crippen LogP contribution in [-0.2, 0) is 16.6 Å². The molecule has 0 aliphatic carbocycles. The first-order valence-electron chi connectivity index (χ1n) is 8.22. The Morgan fingerprint density at radius 3 is 2.20 bits per heavy atom. The normalized spacial score (nSPS) is 14.0. The summed E-state index contributed by atoms with van der Waals surface area (Å²) in [6.45, 7) is 6.95. The van der Waals surface area contributed by atoms with Crippen molar-refractivity contribution >= 4 is 10.0 Å². The van der Waals surface area contributed by atoms with Gasteiger partial charge in [-0.05, 0) is 49.6 Å². The minimum atomic E-state index is -3.58. The van der Waals surface area contributed by atoms with E-state index >= 15 is 0 Å². The largest absolute Gasteiger partial charge is 0.486 e. The predicted octanol–water partition coefficient (Wildman–Crippen LogP) is 3.20. The minimum absolute atomic E-state index is 0.270. The average molecular weight is 361 g/mol. The van der Waals surface area contributed by atoms with E-state index in [1.165, 1.54) is 4.31 Å². The number of sulfonamides is 1. The summed E-state index contributed by atoms with van der Waals surface area (Å²) >= 11 is 0. The first kappa shape index (κ1) is 17.8. The lowest BCUT2D eigenvalue weighted by Gasteiger charge is -2.22. The number of nitrogens with zero attached hydrogens (tertiary/aromatic N) is 1. The molecular weight excluding hydrogens is 338 g/mol. The fourth-order valence-electron chi connectivity index (χ4n) is 3.26. The van der Waals surface area contributed by atoms with Crippen molar-refractivity contribution in [3.63, 3.8) is 0 Å². The lowest BCUT2D eigenvalue weighted by Crippen LogP contribution is -2.28. The molecule has 0 spiro atoms. The quantitative estimate of drug-likeness (QED) is 0.839. The van der Waals surface area contributed by atoms with E-state index in [4.69, 9.17) is 9.47 Å². The molecule has 1 aliphatic heterocycles. The van der Waals surface area contributed by atoms with Gasteiger partial charge >= 0.3 is 0 Å². The molecule has 3 rings (SSSR count). The second-order valence-electron chi connectivity index (χ2n) is 6.47. The van der Waals surface area contributed by atoms with Gasteiger partial charge in [-0.3, -0.25) is 0 Å². The topological polar surface area (TPSA) is 55.8 Å². The molecule has 0 unspecified atom stereocenters. The molecule has 0 bridgehead atoms. The van der Waals surface area contributed by atoms with Crippen molar-refractivity contribution in [3.8, 4) is 11.5 Å². The molecule has 2 aromatic rings. The van der Waals surface area contributed by atoms with Gasteiger partial charge in [0.15, 0.2) is 11.5 Å². The fourth-order valence-corrected chi connectivity index (χ4v) is 4.82. The van der Waals surface area contributed by atoms with Crippen LogP contribution in [0, 0.1) is 20.8 Å². The van der Waals surface area contributed by atoms with Gasteiger partial charge in [-0.2, -0.15) is 4.31 Å². The summed E-state index contributed by atoms with van der Waals surface area (Å²) in [5.41, 5.74) is 3.46. The van der Waals surface area contributed by atoms with Gasteiger partial charge in [0.25, 0.3) is 0 Å². The van der Waals surface area contributed by atoms with Crippen molar-refractivity contribution in [2.45, 2.75) is 32.2 Å². The van der Waals surface area contributed by atoms with Gasteiger partial charge in [0, 0.05) is 13.6 Å². The van der Waals surface area contributed by atoms with Crippen LogP contribution < -0.4 is 9.47 Å². The van der Waals surface area contributed by atoms with Gasteiger partial charge in [-0.1, -0.05) is 23.8 Å². The zero-order chi connectivity index (χ0) is 18.2. The maximum Gasteiger partial charge on any atom is 0.243 e. The van der Waals surface area contributed by atoms with Crippen LogP contribution in [0.5, 0.6) is 11.5 Å². The summed E-state index contributed by atoms with van der Waals surface area (Å²) in [7, 11) is -1.97. The van der Waals surface area contributed by atoms with Gasteiger partial charge in [-0.25, -0.2) is 8.42 Å². The maximum absolute atomic E-state index is 13.0. The van der Waals surface area contributed by atoms with Crippen LogP contribution in [0.25, 0.3) is 0 Å². The second kappa shape index (κ2) is 6.69. The zero-order valence-corrected chi connectivity index (χ0v) is 15.8. The molecule has 1 heterocycles. The van der Waals surface area contributed by atoms with Crippen molar-refractivity contribution < 1.29 is 17.9 Å². The van der Waals surface area contributed by atoms with Crippen molar-refractivity contribution in [1.29, 1.82) is 0 Å². The Morgan fingerprint density at radius 1 is 0.960 bits per heavy atom. The highest BCUT2D eigenvalue weighted by molar-refractivity contribution is 7.89. The summed E-state index contributed by atoms with van der Waals surface area (Å²) in [4.78, 5) is 0.387. The van der Waals surface area contributed by atoms with Crippen LogP contribution in [-0.4, -0.2) is 33.0 Å². The van der Waals surface area contributed by atoms with Crippen LogP contribution in [0.3, 0.4) is 0 Å². The summed E-state index contributed by atoms with van der Waals surface area (Å²) in [5, 5.41) is 0. The smallest absolute Gasteiger partial charge is 0.243 e. The van der Waals surface area contributed by atoms with Crippen LogP contribution in [0.1, 0.15) is 22.3 Å². The minimum Gasteiger partial charge on any atom is -0.486 e. The highest BCUT2D eigenvalue weighted by Crippen LogP contribution is 2.32. The number of ether oxygens (including phenoxy) is 2. The highest BCUT2D eigenvalue weighted by Gasteiger charge is 2.25. The van der Waals surface area contributed by atoms with Crippen molar-refractivity contribution in [2.24, 2.45) is 0 Å².